The predicted molar refractivity (Wildman–Crippen MR) is 70.2 cm³/mol. The zero-order valence-corrected chi connectivity index (χ0v) is 11.1. The highest BCUT2D eigenvalue weighted by Gasteiger charge is 2.21. The van der Waals surface area contributed by atoms with Gasteiger partial charge in [-0.15, -0.1) is 11.6 Å². The van der Waals surface area contributed by atoms with Crippen molar-refractivity contribution in [1.82, 2.24) is 4.90 Å². The minimum Gasteiger partial charge on any atom is -0.295 e. The Kier molecular flexibility index (Phi) is 4.66. The van der Waals surface area contributed by atoms with Gasteiger partial charge in [0.2, 0.25) is 0 Å². The second-order valence-corrected chi connectivity index (χ2v) is 5.24. The molecule has 0 spiro atoms. The molecule has 0 bridgehead atoms. The molecule has 0 N–H and O–H groups in total. The molecule has 0 aliphatic carbocycles. The first-order valence-corrected chi connectivity index (χ1v) is 6.86. The average molecular weight is 276 g/mol. The lowest BCUT2D eigenvalue weighted by atomic mass is 10.0. The van der Waals surface area contributed by atoms with Crippen molar-refractivity contribution in [2.45, 2.75) is 31.8 Å². The number of nitrogens with zero attached hydrogens (tertiary/aromatic N) is 1. The molecule has 1 aromatic rings. The third-order valence-corrected chi connectivity index (χ3v) is 3.94. The SMILES string of the molecule is Fc1ccc(CN2CCCCC2CCl)cc1Cl. The summed E-state index contributed by atoms with van der Waals surface area (Å²) < 4.78 is 13.1. The summed E-state index contributed by atoms with van der Waals surface area (Å²) in [5.41, 5.74) is 1.05. The zero-order chi connectivity index (χ0) is 12.3. The van der Waals surface area contributed by atoms with E-state index in [2.05, 4.69) is 4.90 Å². The van der Waals surface area contributed by atoms with E-state index in [1.807, 2.05) is 0 Å². The van der Waals surface area contributed by atoms with E-state index in [1.54, 1.807) is 12.1 Å². The first kappa shape index (κ1) is 13.1. The lowest BCUT2D eigenvalue weighted by Crippen LogP contribution is -2.40. The van der Waals surface area contributed by atoms with Crippen molar-refractivity contribution in [3.63, 3.8) is 0 Å². The van der Waals surface area contributed by atoms with Gasteiger partial charge in [0.25, 0.3) is 0 Å². The van der Waals surface area contributed by atoms with Crippen LogP contribution in [0.25, 0.3) is 0 Å². The highest BCUT2D eigenvalue weighted by atomic mass is 35.5. The summed E-state index contributed by atoms with van der Waals surface area (Å²) in [5, 5.41) is 0.196. The van der Waals surface area contributed by atoms with Crippen LogP contribution in [0.3, 0.4) is 0 Å². The molecule has 1 saturated heterocycles. The molecule has 2 rings (SSSR count). The third kappa shape index (κ3) is 3.34. The van der Waals surface area contributed by atoms with Crippen molar-refractivity contribution in [3.8, 4) is 0 Å². The molecule has 0 aromatic heterocycles. The summed E-state index contributed by atoms with van der Waals surface area (Å²) >= 11 is 11.8. The van der Waals surface area contributed by atoms with Crippen LogP contribution in [0, 0.1) is 5.82 Å². The normalized spacial score (nSPS) is 21.7. The van der Waals surface area contributed by atoms with Gasteiger partial charge in [0, 0.05) is 18.5 Å². The number of rotatable bonds is 3. The second-order valence-electron chi connectivity index (χ2n) is 4.52. The number of hydrogen-bond acceptors (Lipinski definition) is 1. The molecule has 1 aliphatic rings. The number of likely N-dealkylation sites (tertiary alicyclic amines) is 1. The molecule has 17 heavy (non-hydrogen) atoms. The average Bonchev–Trinajstić information content (AvgIpc) is 2.34. The Labute approximate surface area is 112 Å². The summed E-state index contributed by atoms with van der Waals surface area (Å²) in [5.74, 6) is 0.303. The van der Waals surface area contributed by atoms with Crippen molar-refractivity contribution in [3.05, 3.63) is 34.6 Å². The highest BCUT2D eigenvalue weighted by molar-refractivity contribution is 6.30. The first-order chi connectivity index (χ1) is 8.20. The third-order valence-electron chi connectivity index (χ3n) is 3.30. The van der Waals surface area contributed by atoms with Gasteiger partial charge in [-0.3, -0.25) is 4.90 Å². The highest BCUT2D eigenvalue weighted by Crippen LogP contribution is 2.22. The lowest BCUT2D eigenvalue weighted by Gasteiger charge is -2.34. The Hall–Kier alpha value is -0.310. The van der Waals surface area contributed by atoms with E-state index in [0.717, 1.165) is 25.1 Å². The van der Waals surface area contributed by atoms with Crippen LogP contribution in [0.15, 0.2) is 18.2 Å². The molecule has 94 valence electrons. The number of alkyl halides is 1. The minimum atomic E-state index is -0.358. The maximum absolute atomic E-state index is 13.1. The lowest BCUT2D eigenvalue weighted by molar-refractivity contribution is 0.155. The number of benzene rings is 1. The van der Waals surface area contributed by atoms with Crippen LogP contribution in [-0.4, -0.2) is 23.4 Å². The molecule has 1 heterocycles. The number of piperidine rings is 1. The molecular weight excluding hydrogens is 260 g/mol. The Morgan fingerprint density at radius 2 is 2.18 bits per heavy atom. The van der Waals surface area contributed by atoms with Crippen LogP contribution in [0.2, 0.25) is 5.02 Å². The Bertz CT molecular complexity index is 384. The Morgan fingerprint density at radius 3 is 2.88 bits per heavy atom. The van der Waals surface area contributed by atoms with E-state index in [1.165, 1.54) is 18.9 Å². The Morgan fingerprint density at radius 1 is 1.35 bits per heavy atom. The van der Waals surface area contributed by atoms with E-state index >= 15 is 0 Å². The molecule has 1 unspecified atom stereocenters. The number of halogens is 3. The van der Waals surface area contributed by atoms with E-state index in [4.69, 9.17) is 23.2 Å². The minimum absolute atomic E-state index is 0.196. The topological polar surface area (TPSA) is 3.24 Å². The van der Waals surface area contributed by atoms with Crippen molar-refractivity contribution < 1.29 is 4.39 Å². The van der Waals surface area contributed by atoms with Gasteiger partial charge in [-0.05, 0) is 37.1 Å². The fourth-order valence-corrected chi connectivity index (χ4v) is 2.87. The van der Waals surface area contributed by atoms with Gasteiger partial charge in [0.15, 0.2) is 0 Å². The van der Waals surface area contributed by atoms with Crippen LogP contribution in [0.1, 0.15) is 24.8 Å². The van der Waals surface area contributed by atoms with Crippen molar-refractivity contribution in [2.24, 2.45) is 0 Å². The summed E-state index contributed by atoms with van der Waals surface area (Å²) in [6.07, 6.45) is 3.61. The van der Waals surface area contributed by atoms with Crippen LogP contribution in [-0.2, 0) is 6.54 Å². The molecule has 0 amide bonds. The van der Waals surface area contributed by atoms with Crippen molar-refractivity contribution in [1.29, 1.82) is 0 Å². The summed E-state index contributed by atoms with van der Waals surface area (Å²) in [4.78, 5) is 2.36. The van der Waals surface area contributed by atoms with Crippen LogP contribution < -0.4 is 0 Å². The Balaban J connectivity index is 2.05. The molecule has 1 nitrogen and oxygen atoms in total. The maximum atomic E-state index is 13.1. The van der Waals surface area contributed by atoms with Crippen molar-refractivity contribution in [2.75, 3.05) is 12.4 Å². The molecule has 1 fully saturated rings. The number of hydrogen-bond donors (Lipinski definition) is 0. The quantitative estimate of drug-likeness (QED) is 0.752. The molecule has 4 heteroatoms. The molecule has 1 aromatic carbocycles. The van der Waals surface area contributed by atoms with Gasteiger partial charge in [0.1, 0.15) is 5.82 Å². The molecule has 0 radical (unpaired) electrons. The monoisotopic (exact) mass is 275 g/mol. The summed E-state index contributed by atoms with van der Waals surface area (Å²) in [7, 11) is 0. The fourth-order valence-electron chi connectivity index (χ4n) is 2.32. The van der Waals surface area contributed by atoms with Gasteiger partial charge in [0.05, 0.1) is 5.02 Å². The van der Waals surface area contributed by atoms with Gasteiger partial charge in [-0.2, -0.15) is 0 Å². The van der Waals surface area contributed by atoms with Crippen LogP contribution in [0.5, 0.6) is 0 Å². The largest absolute Gasteiger partial charge is 0.295 e. The van der Waals surface area contributed by atoms with Gasteiger partial charge in [-0.25, -0.2) is 4.39 Å². The van der Waals surface area contributed by atoms with Crippen molar-refractivity contribution >= 4 is 23.2 Å². The molecular formula is C13H16Cl2FN. The summed E-state index contributed by atoms with van der Waals surface area (Å²) in [6.45, 7) is 1.86. The van der Waals surface area contributed by atoms with Crippen LogP contribution >= 0.6 is 23.2 Å². The smallest absolute Gasteiger partial charge is 0.141 e. The maximum Gasteiger partial charge on any atom is 0.141 e. The zero-order valence-electron chi connectivity index (χ0n) is 9.63. The standard InChI is InChI=1S/C13H16Cl2FN/c14-8-11-3-1-2-6-17(11)9-10-4-5-13(16)12(15)7-10/h4-5,7,11H,1-3,6,8-9H2. The summed E-state index contributed by atoms with van der Waals surface area (Å²) in [6, 6.07) is 5.36. The first-order valence-electron chi connectivity index (χ1n) is 5.94. The second kappa shape index (κ2) is 6.03. The predicted octanol–water partition coefficient (Wildman–Crippen LogP) is 4.07. The molecule has 0 saturated carbocycles. The molecule has 1 aliphatic heterocycles. The van der Waals surface area contributed by atoms with E-state index in [9.17, 15) is 4.39 Å². The van der Waals surface area contributed by atoms with Gasteiger partial charge < -0.3 is 0 Å². The van der Waals surface area contributed by atoms with Gasteiger partial charge in [-0.1, -0.05) is 24.1 Å². The van der Waals surface area contributed by atoms with Crippen LogP contribution in [0.4, 0.5) is 4.39 Å². The van der Waals surface area contributed by atoms with E-state index in [0.29, 0.717) is 11.9 Å². The van der Waals surface area contributed by atoms with Gasteiger partial charge >= 0.3 is 0 Å². The molecule has 1 atom stereocenters. The van der Waals surface area contributed by atoms with E-state index in [-0.39, 0.29) is 10.8 Å². The fraction of sp³-hybridized carbons (Fsp3) is 0.538. The van der Waals surface area contributed by atoms with E-state index < -0.39 is 0 Å².